The lowest BCUT2D eigenvalue weighted by molar-refractivity contribution is -0.137. The van der Waals surface area contributed by atoms with Crippen molar-refractivity contribution >= 4 is 0 Å². The zero-order valence-corrected chi connectivity index (χ0v) is 17.2. The van der Waals surface area contributed by atoms with Gasteiger partial charge in [0, 0.05) is 12.0 Å². The predicted molar refractivity (Wildman–Crippen MR) is 114 cm³/mol. The third-order valence-electron chi connectivity index (χ3n) is 4.77. The summed E-state index contributed by atoms with van der Waals surface area (Å²) in [4.78, 5) is 4.43. The second-order valence-electron chi connectivity index (χ2n) is 7.06. The summed E-state index contributed by atoms with van der Waals surface area (Å²) in [6, 6.07) is 21.5. The SMILES string of the molecule is Cc1oc(-c2ccc(C(F)(F)F)cc2)nc1CCOc1ccccc1Oc1ccccc1. The second kappa shape index (κ2) is 9.18. The molecule has 0 unspecified atom stereocenters. The monoisotopic (exact) mass is 439 g/mol. The molecule has 1 heterocycles. The summed E-state index contributed by atoms with van der Waals surface area (Å²) >= 11 is 0. The van der Waals surface area contributed by atoms with Crippen molar-refractivity contribution in [3.8, 4) is 28.7 Å². The minimum Gasteiger partial charge on any atom is -0.489 e. The van der Waals surface area contributed by atoms with Crippen molar-refractivity contribution in [1.82, 2.24) is 4.98 Å². The van der Waals surface area contributed by atoms with E-state index in [9.17, 15) is 13.2 Å². The molecule has 0 atom stereocenters. The number of halogens is 3. The van der Waals surface area contributed by atoms with Crippen molar-refractivity contribution in [3.05, 3.63) is 95.9 Å². The highest BCUT2D eigenvalue weighted by atomic mass is 19.4. The maximum atomic E-state index is 12.8. The lowest BCUT2D eigenvalue weighted by atomic mass is 10.1. The Balaban J connectivity index is 1.41. The molecule has 4 aromatic rings. The number of aromatic nitrogens is 1. The molecule has 3 aromatic carbocycles. The summed E-state index contributed by atoms with van der Waals surface area (Å²) in [6.45, 7) is 2.09. The first-order valence-corrected chi connectivity index (χ1v) is 9.99. The number of rotatable bonds is 7. The van der Waals surface area contributed by atoms with Gasteiger partial charge in [-0.2, -0.15) is 13.2 Å². The zero-order chi connectivity index (χ0) is 22.6. The first-order valence-electron chi connectivity index (χ1n) is 9.99. The first kappa shape index (κ1) is 21.5. The molecule has 0 radical (unpaired) electrons. The highest BCUT2D eigenvalue weighted by Crippen LogP contribution is 2.32. The number of benzene rings is 3. The largest absolute Gasteiger partial charge is 0.489 e. The van der Waals surface area contributed by atoms with Crippen LogP contribution in [0.5, 0.6) is 17.2 Å². The van der Waals surface area contributed by atoms with Gasteiger partial charge in [0.25, 0.3) is 0 Å². The molecule has 0 fully saturated rings. The van der Waals surface area contributed by atoms with E-state index in [-0.39, 0.29) is 5.89 Å². The van der Waals surface area contributed by atoms with Crippen LogP contribution in [-0.4, -0.2) is 11.6 Å². The van der Waals surface area contributed by atoms with Crippen LogP contribution < -0.4 is 9.47 Å². The third-order valence-corrected chi connectivity index (χ3v) is 4.77. The lowest BCUT2D eigenvalue weighted by Gasteiger charge is -2.12. The number of nitrogens with zero attached hydrogens (tertiary/aromatic N) is 1. The molecule has 32 heavy (non-hydrogen) atoms. The van der Waals surface area contributed by atoms with Crippen LogP contribution in [0.25, 0.3) is 11.5 Å². The summed E-state index contributed by atoms with van der Waals surface area (Å²) in [5.41, 5.74) is 0.450. The third kappa shape index (κ3) is 5.11. The fraction of sp³-hybridized carbons (Fsp3) is 0.160. The van der Waals surface area contributed by atoms with Gasteiger partial charge in [0.05, 0.1) is 17.9 Å². The quantitative estimate of drug-likeness (QED) is 0.309. The molecule has 0 N–H and O–H groups in total. The van der Waals surface area contributed by atoms with Crippen molar-refractivity contribution in [2.75, 3.05) is 6.61 Å². The second-order valence-corrected chi connectivity index (χ2v) is 7.06. The van der Waals surface area contributed by atoms with Gasteiger partial charge < -0.3 is 13.9 Å². The van der Waals surface area contributed by atoms with E-state index in [1.54, 1.807) is 6.92 Å². The van der Waals surface area contributed by atoms with Gasteiger partial charge in [-0.05, 0) is 55.5 Å². The standard InChI is InChI=1S/C25H20F3NO3/c1-17-21(29-24(31-17)18-11-13-19(14-12-18)25(26,27)28)15-16-30-22-9-5-6-10-23(22)32-20-7-3-2-4-8-20/h2-14H,15-16H2,1H3. The summed E-state index contributed by atoms with van der Waals surface area (Å²) in [5, 5.41) is 0. The minimum absolute atomic E-state index is 0.277. The van der Waals surface area contributed by atoms with E-state index in [0.717, 1.165) is 12.1 Å². The molecule has 1 aromatic heterocycles. The van der Waals surface area contributed by atoms with Crippen molar-refractivity contribution < 1.29 is 27.1 Å². The molecule has 0 saturated heterocycles. The van der Waals surface area contributed by atoms with E-state index < -0.39 is 11.7 Å². The van der Waals surface area contributed by atoms with Crippen LogP contribution in [0.3, 0.4) is 0 Å². The topological polar surface area (TPSA) is 44.5 Å². The zero-order valence-electron chi connectivity index (χ0n) is 17.2. The Labute approximate surface area is 183 Å². The lowest BCUT2D eigenvalue weighted by Crippen LogP contribution is -2.04. The molecular weight excluding hydrogens is 419 g/mol. The Morgan fingerprint density at radius 2 is 1.50 bits per heavy atom. The number of para-hydroxylation sites is 3. The van der Waals surface area contributed by atoms with Gasteiger partial charge in [-0.25, -0.2) is 4.98 Å². The van der Waals surface area contributed by atoms with Crippen LogP contribution in [0.4, 0.5) is 13.2 Å². The normalized spacial score (nSPS) is 11.4. The van der Waals surface area contributed by atoms with Crippen LogP contribution in [-0.2, 0) is 12.6 Å². The average molecular weight is 439 g/mol. The van der Waals surface area contributed by atoms with Crippen LogP contribution in [0.15, 0.2) is 83.3 Å². The Bertz CT molecular complexity index is 1170. The number of hydrogen-bond acceptors (Lipinski definition) is 4. The van der Waals surface area contributed by atoms with Crippen LogP contribution >= 0.6 is 0 Å². The number of aryl methyl sites for hydroxylation is 1. The fourth-order valence-corrected chi connectivity index (χ4v) is 3.11. The molecule has 164 valence electrons. The molecular formula is C25H20F3NO3. The van der Waals surface area contributed by atoms with E-state index in [2.05, 4.69) is 4.98 Å². The molecule has 0 saturated carbocycles. The molecule has 0 spiro atoms. The minimum atomic E-state index is -4.38. The predicted octanol–water partition coefficient (Wildman–Crippen LogP) is 7.08. The van der Waals surface area contributed by atoms with Gasteiger partial charge in [-0.3, -0.25) is 0 Å². The molecule has 0 aliphatic carbocycles. The van der Waals surface area contributed by atoms with Crippen molar-refractivity contribution in [1.29, 1.82) is 0 Å². The average Bonchev–Trinajstić information content (AvgIpc) is 3.16. The Morgan fingerprint density at radius 3 is 2.19 bits per heavy atom. The van der Waals surface area contributed by atoms with Crippen molar-refractivity contribution in [2.24, 2.45) is 0 Å². The van der Waals surface area contributed by atoms with Crippen LogP contribution in [0.2, 0.25) is 0 Å². The van der Waals surface area contributed by atoms with E-state index in [1.807, 2.05) is 54.6 Å². The van der Waals surface area contributed by atoms with Crippen LogP contribution in [0, 0.1) is 6.92 Å². The number of oxazole rings is 1. The van der Waals surface area contributed by atoms with Gasteiger partial charge in [-0.15, -0.1) is 0 Å². The summed E-state index contributed by atoms with van der Waals surface area (Å²) in [6.07, 6.45) is -3.91. The maximum Gasteiger partial charge on any atom is 0.416 e. The number of ether oxygens (including phenoxy) is 2. The number of alkyl halides is 3. The maximum absolute atomic E-state index is 12.8. The Morgan fingerprint density at radius 1 is 0.844 bits per heavy atom. The summed E-state index contributed by atoms with van der Waals surface area (Å²) in [7, 11) is 0. The Hall–Kier alpha value is -3.74. The van der Waals surface area contributed by atoms with E-state index in [1.165, 1.54) is 12.1 Å². The van der Waals surface area contributed by atoms with Crippen LogP contribution in [0.1, 0.15) is 17.0 Å². The Kier molecular flexibility index (Phi) is 6.16. The van der Waals surface area contributed by atoms with E-state index in [4.69, 9.17) is 13.9 Å². The smallest absolute Gasteiger partial charge is 0.416 e. The molecule has 0 aliphatic rings. The first-order chi connectivity index (χ1) is 15.4. The van der Waals surface area contributed by atoms with Gasteiger partial charge >= 0.3 is 6.18 Å². The molecule has 4 nitrogen and oxygen atoms in total. The van der Waals surface area contributed by atoms with Crippen molar-refractivity contribution in [2.45, 2.75) is 19.5 Å². The highest BCUT2D eigenvalue weighted by Gasteiger charge is 2.30. The van der Waals surface area contributed by atoms with Gasteiger partial charge in [0.15, 0.2) is 11.5 Å². The fourth-order valence-electron chi connectivity index (χ4n) is 3.11. The highest BCUT2D eigenvalue weighted by molar-refractivity contribution is 5.54. The van der Waals surface area contributed by atoms with E-state index >= 15 is 0 Å². The van der Waals surface area contributed by atoms with Gasteiger partial charge in [0.1, 0.15) is 11.5 Å². The van der Waals surface area contributed by atoms with Crippen molar-refractivity contribution in [3.63, 3.8) is 0 Å². The van der Waals surface area contributed by atoms with Gasteiger partial charge in [-0.1, -0.05) is 30.3 Å². The summed E-state index contributed by atoms with van der Waals surface area (Å²) in [5.74, 6) is 2.77. The van der Waals surface area contributed by atoms with E-state index in [0.29, 0.717) is 47.3 Å². The summed E-state index contributed by atoms with van der Waals surface area (Å²) < 4.78 is 55.7. The van der Waals surface area contributed by atoms with Gasteiger partial charge in [0.2, 0.25) is 5.89 Å². The molecule has 0 amide bonds. The number of hydrogen-bond donors (Lipinski definition) is 0. The molecule has 4 rings (SSSR count). The molecule has 7 heteroatoms. The molecule has 0 aliphatic heterocycles. The molecule has 0 bridgehead atoms.